The molecule has 5 nitrogen and oxygen atoms in total. The van der Waals surface area contributed by atoms with Crippen molar-refractivity contribution in [3.63, 3.8) is 0 Å². The maximum Gasteiger partial charge on any atom is 0.252 e. The maximum absolute atomic E-state index is 12.6. The zero-order valence-electron chi connectivity index (χ0n) is 15.6. The van der Waals surface area contributed by atoms with E-state index in [1.165, 1.54) is 15.6 Å². The molecule has 1 aromatic heterocycles. The summed E-state index contributed by atoms with van der Waals surface area (Å²) in [7, 11) is -3.41. The molecular weight excluding hydrogens is 380 g/mol. The number of nitrogens with one attached hydrogen (secondary N) is 1. The van der Waals surface area contributed by atoms with Gasteiger partial charge in [0.25, 0.3) is 10.0 Å². The summed E-state index contributed by atoms with van der Waals surface area (Å²) < 4.78 is 27.1. The molecular formula is C20H26N2O3S2. The van der Waals surface area contributed by atoms with Crippen LogP contribution in [0.25, 0.3) is 0 Å². The molecule has 1 amide bonds. The van der Waals surface area contributed by atoms with Crippen LogP contribution in [0.1, 0.15) is 49.1 Å². The average molecular weight is 407 g/mol. The first-order valence-electron chi connectivity index (χ1n) is 9.44. The molecule has 27 heavy (non-hydrogen) atoms. The van der Waals surface area contributed by atoms with Crippen molar-refractivity contribution < 1.29 is 13.2 Å². The van der Waals surface area contributed by atoms with E-state index in [4.69, 9.17) is 0 Å². The Balaban J connectivity index is 1.65. The Morgan fingerprint density at radius 3 is 2.52 bits per heavy atom. The third-order valence-corrected chi connectivity index (χ3v) is 8.20. The second kappa shape index (κ2) is 8.99. The number of carbonyl (C=O) groups is 1. The topological polar surface area (TPSA) is 66.5 Å². The first-order valence-corrected chi connectivity index (χ1v) is 11.7. The fourth-order valence-electron chi connectivity index (χ4n) is 3.35. The second-order valence-corrected chi connectivity index (χ2v) is 10.2. The number of benzene rings is 1. The van der Waals surface area contributed by atoms with E-state index in [2.05, 4.69) is 12.2 Å². The van der Waals surface area contributed by atoms with Crippen LogP contribution in [0.2, 0.25) is 0 Å². The van der Waals surface area contributed by atoms with E-state index < -0.39 is 10.0 Å². The Bertz CT molecular complexity index is 856. The lowest BCUT2D eigenvalue weighted by Crippen LogP contribution is -2.29. The molecule has 1 aliphatic rings. The third kappa shape index (κ3) is 4.97. The van der Waals surface area contributed by atoms with Crippen molar-refractivity contribution in [3.8, 4) is 0 Å². The molecule has 7 heteroatoms. The molecule has 1 aromatic carbocycles. The molecule has 0 bridgehead atoms. The van der Waals surface area contributed by atoms with Gasteiger partial charge in [-0.3, -0.25) is 4.79 Å². The minimum atomic E-state index is -3.41. The average Bonchev–Trinajstić information content (AvgIpc) is 3.34. The summed E-state index contributed by atoms with van der Waals surface area (Å²) in [5, 5.41) is 3.09. The summed E-state index contributed by atoms with van der Waals surface area (Å²) in [5.74, 6) is -0.0794. The van der Waals surface area contributed by atoms with Crippen molar-refractivity contribution in [1.82, 2.24) is 9.62 Å². The molecule has 2 heterocycles. The standard InChI is InChI=1S/C20H26N2O3S2/c1-2-8-18(16-9-4-3-5-10-16)21-19(23)15-17-11-12-20(26-17)27(24,25)22-13-6-7-14-22/h3-5,9-12,18H,2,6-8,13-15H2,1H3,(H,21,23). The molecule has 146 valence electrons. The van der Waals surface area contributed by atoms with Crippen LogP contribution in [0.4, 0.5) is 0 Å². The highest BCUT2D eigenvalue weighted by atomic mass is 32.2. The van der Waals surface area contributed by atoms with Gasteiger partial charge in [-0.2, -0.15) is 4.31 Å². The molecule has 3 rings (SSSR count). The van der Waals surface area contributed by atoms with Crippen LogP contribution in [-0.2, 0) is 21.2 Å². The highest BCUT2D eigenvalue weighted by Crippen LogP contribution is 2.28. The number of hydrogen-bond donors (Lipinski definition) is 1. The minimum Gasteiger partial charge on any atom is -0.349 e. The Hall–Kier alpha value is -1.70. The van der Waals surface area contributed by atoms with Crippen molar-refractivity contribution in [2.75, 3.05) is 13.1 Å². The Kier molecular flexibility index (Phi) is 6.68. The highest BCUT2D eigenvalue weighted by Gasteiger charge is 2.28. The number of sulfonamides is 1. The lowest BCUT2D eigenvalue weighted by molar-refractivity contribution is -0.121. The Labute approximate surface area is 165 Å². The zero-order chi connectivity index (χ0) is 19.3. The molecule has 1 fully saturated rings. The second-order valence-electron chi connectivity index (χ2n) is 6.83. The van der Waals surface area contributed by atoms with Crippen molar-refractivity contribution in [1.29, 1.82) is 0 Å². The minimum absolute atomic E-state index is 0.0172. The Morgan fingerprint density at radius 2 is 1.85 bits per heavy atom. The van der Waals surface area contributed by atoms with E-state index in [0.29, 0.717) is 17.3 Å². The number of amides is 1. The van der Waals surface area contributed by atoms with Gasteiger partial charge in [-0.05, 0) is 37.0 Å². The molecule has 0 radical (unpaired) electrons. The first kappa shape index (κ1) is 20.0. The number of nitrogens with zero attached hydrogens (tertiary/aromatic N) is 1. The molecule has 1 aliphatic heterocycles. The van der Waals surface area contributed by atoms with Crippen molar-refractivity contribution in [2.24, 2.45) is 0 Å². The monoisotopic (exact) mass is 406 g/mol. The quantitative estimate of drug-likeness (QED) is 0.726. The van der Waals surface area contributed by atoms with E-state index in [9.17, 15) is 13.2 Å². The normalized spacial score (nSPS) is 16.3. The predicted octanol–water partition coefficient (Wildman–Crippen LogP) is 3.73. The smallest absolute Gasteiger partial charge is 0.252 e. The summed E-state index contributed by atoms with van der Waals surface area (Å²) in [5.41, 5.74) is 1.09. The molecule has 1 saturated heterocycles. The van der Waals surface area contributed by atoms with Gasteiger partial charge >= 0.3 is 0 Å². The predicted molar refractivity (Wildman–Crippen MR) is 108 cm³/mol. The van der Waals surface area contributed by atoms with Gasteiger partial charge in [0.2, 0.25) is 5.91 Å². The van der Waals surface area contributed by atoms with Crippen molar-refractivity contribution in [3.05, 3.63) is 52.9 Å². The van der Waals surface area contributed by atoms with Gasteiger partial charge in [0.15, 0.2) is 0 Å². The van der Waals surface area contributed by atoms with Crippen LogP contribution in [0.15, 0.2) is 46.7 Å². The van der Waals surface area contributed by atoms with Crippen LogP contribution in [-0.4, -0.2) is 31.7 Å². The molecule has 0 saturated carbocycles. The SMILES string of the molecule is CCCC(NC(=O)Cc1ccc(S(=O)(=O)N2CCCC2)s1)c1ccccc1. The molecule has 2 aromatic rings. The molecule has 1 N–H and O–H groups in total. The van der Waals surface area contributed by atoms with Gasteiger partial charge in [0, 0.05) is 18.0 Å². The van der Waals surface area contributed by atoms with Gasteiger partial charge in [0.1, 0.15) is 4.21 Å². The maximum atomic E-state index is 12.6. The van der Waals surface area contributed by atoms with Crippen LogP contribution in [0.5, 0.6) is 0 Å². The molecule has 1 unspecified atom stereocenters. The summed E-state index contributed by atoms with van der Waals surface area (Å²) >= 11 is 1.20. The number of hydrogen-bond acceptors (Lipinski definition) is 4. The number of rotatable bonds is 8. The van der Waals surface area contributed by atoms with E-state index in [1.807, 2.05) is 30.3 Å². The summed E-state index contributed by atoms with van der Waals surface area (Å²) in [6.07, 6.45) is 3.87. The van der Waals surface area contributed by atoms with E-state index in [-0.39, 0.29) is 18.4 Å². The summed E-state index contributed by atoms with van der Waals surface area (Å²) in [4.78, 5) is 13.3. The Morgan fingerprint density at radius 1 is 1.15 bits per heavy atom. The van der Waals surface area contributed by atoms with Gasteiger partial charge in [-0.15, -0.1) is 11.3 Å². The lowest BCUT2D eigenvalue weighted by Gasteiger charge is -2.18. The van der Waals surface area contributed by atoms with E-state index in [0.717, 1.165) is 36.1 Å². The van der Waals surface area contributed by atoms with Gasteiger partial charge in [-0.1, -0.05) is 43.7 Å². The number of carbonyl (C=O) groups excluding carboxylic acids is 1. The van der Waals surface area contributed by atoms with Crippen molar-refractivity contribution in [2.45, 2.75) is 49.3 Å². The lowest BCUT2D eigenvalue weighted by atomic mass is 10.0. The summed E-state index contributed by atoms with van der Waals surface area (Å²) in [6, 6.07) is 13.3. The molecule has 0 spiro atoms. The van der Waals surface area contributed by atoms with Gasteiger partial charge < -0.3 is 5.32 Å². The molecule has 0 aliphatic carbocycles. The number of thiophene rings is 1. The van der Waals surface area contributed by atoms with Gasteiger partial charge in [0.05, 0.1) is 12.5 Å². The fourth-order valence-corrected chi connectivity index (χ4v) is 6.37. The van der Waals surface area contributed by atoms with Crippen LogP contribution in [0, 0.1) is 0 Å². The van der Waals surface area contributed by atoms with E-state index >= 15 is 0 Å². The van der Waals surface area contributed by atoms with Gasteiger partial charge in [-0.25, -0.2) is 8.42 Å². The highest BCUT2D eigenvalue weighted by molar-refractivity contribution is 7.91. The van der Waals surface area contributed by atoms with Crippen molar-refractivity contribution >= 4 is 27.3 Å². The third-order valence-electron chi connectivity index (χ3n) is 4.75. The molecule has 1 atom stereocenters. The fraction of sp³-hybridized carbons (Fsp3) is 0.450. The van der Waals surface area contributed by atoms with Crippen LogP contribution in [0.3, 0.4) is 0 Å². The zero-order valence-corrected chi connectivity index (χ0v) is 17.2. The summed E-state index contributed by atoms with van der Waals surface area (Å²) in [6.45, 7) is 3.27. The largest absolute Gasteiger partial charge is 0.349 e. The van der Waals surface area contributed by atoms with E-state index in [1.54, 1.807) is 12.1 Å². The van der Waals surface area contributed by atoms with Crippen LogP contribution >= 0.6 is 11.3 Å². The first-order chi connectivity index (χ1) is 13.0. The van der Waals surface area contributed by atoms with Crippen LogP contribution < -0.4 is 5.32 Å².